The lowest BCUT2D eigenvalue weighted by atomic mass is 10.1. The van der Waals surface area contributed by atoms with Crippen LogP contribution >= 0.6 is 0 Å². The van der Waals surface area contributed by atoms with Crippen molar-refractivity contribution in [1.29, 1.82) is 0 Å². The Bertz CT molecular complexity index is 505. The molecule has 19 heavy (non-hydrogen) atoms. The molecule has 1 fully saturated rings. The average Bonchev–Trinajstić information content (AvgIpc) is 2.81. The number of nitrogens with one attached hydrogen (secondary N) is 2. The molecule has 0 aliphatic carbocycles. The second-order valence-corrected chi connectivity index (χ2v) is 7.39. The highest BCUT2D eigenvalue weighted by Crippen LogP contribution is 2.17. The van der Waals surface area contributed by atoms with E-state index in [0.29, 0.717) is 17.0 Å². The van der Waals surface area contributed by atoms with Crippen LogP contribution in [-0.4, -0.2) is 33.3 Å². The third-order valence-electron chi connectivity index (χ3n) is 3.50. The second kappa shape index (κ2) is 5.92. The maximum Gasteiger partial charge on any atom is 0.175 e. The SMILES string of the molecule is CC(CC1CCCN1)Nc1ccc(S(C)(=O)=O)cc1. The fourth-order valence-electron chi connectivity index (χ4n) is 2.53. The highest BCUT2D eigenvalue weighted by atomic mass is 32.2. The quantitative estimate of drug-likeness (QED) is 0.867. The molecule has 1 aromatic rings. The van der Waals surface area contributed by atoms with Crippen LogP contribution in [0.2, 0.25) is 0 Å². The largest absolute Gasteiger partial charge is 0.383 e. The van der Waals surface area contributed by atoms with Crippen molar-refractivity contribution >= 4 is 15.5 Å². The van der Waals surface area contributed by atoms with E-state index in [1.165, 1.54) is 19.1 Å². The zero-order valence-corrected chi connectivity index (χ0v) is 12.3. The predicted molar refractivity (Wildman–Crippen MR) is 78.3 cm³/mol. The molecule has 0 bridgehead atoms. The van der Waals surface area contributed by atoms with Crippen molar-refractivity contribution in [3.8, 4) is 0 Å². The van der Waals surface area contributed by atoms with Crippen LogP contribution in [0.4, 0.5) is 5.69 Å². The highest BCUT2D eigenvalue weighted by Gasteiger charge is 2.16. The Morgan fingerprint density at radius 1 is 1.37 bits per heavy atom. The first-order valence-electron chi connectivity index (χ1n) is 6.75. The van der Waals surface area contributed by atoms with Crippen molar-refractivity contribution in [2.75, 3.05) is 18.1 Å². The molecule has 2 atom stereocenters. The maximum absolute atomic E-state index is 11.4. The second-order valence-electron chi connectivity index (χ2n) is 5.37. The third-order valence-corrected chi connectivity index (χ3v) is 4.62. The summed E-state index contributed by atoms with van der Waals surface area (Å²) in [7, 11) is -3.10. The van der Waals surface area contributed by atoms with Crippen molar-refractivity contribution in [2.45, 2.75) is 43.2 Å². The summed E-state index contributed by atoms with van der Waals surface area (Å²) >= 11 is 0. The molecular formula is C14H22N2O2S. The smallest absolute Gasteiger partial charge is 0.175 e. The topological polar surface area (TPSA) is 58.2 Å². The van der Waals surface area contributed by atoms with Gasteiger partial charge in [0.05, 0.1) is 4.90 Å². The van der Waals surface area contributed by atoms with Crippen LogP contribution in [0.1, 0.15) is 26.2 Å². The van der Waals surface area contributed by atoms with Gasteiger partial charge in [-0.25, -0.2) is 8.42 Å². The fraction of sp³-hybridized carbons (Fsp3) is 0.571. The summed E-state index contributed by atoms with van der Waals surface area (Å²) in [4.78, 5) is 0.364. The van der Waals surface area contributed by atoms with Crippen LogP contribution in [0.15, 0.2) is 29.2 Å². The Morgan fingerprint density at radius 2 is 2.05 bits per heavy atom. The van der Waals surface area contributed by atoms with Crippen molar-refractivity contribution < 1.29 is 8.42 Å². The molecule has 1 aliphatic rings. The summed E-state index contributed by atoms with van der Waals surface area (Å²) in [6.45, 7) is 3.28. The summed E-state index contributed by atoms with van der Waals surface area (Å²) in [6, 6.07) is 7.94. The Labute approximate surface area is 115 Å². The Hall–Kier alpha value is -1.07. The van der Waals surface area contributed by atoms with Gasteiger partial charge in [0.2, 0.25) is 0 Å². The van der Waals surface area contributed by atoms with Gasteiger partial charge in [-0.3, -0.25) is 0 Å². The molecule has 5 heteroatoms. The summed E-state index contributed by atoms with van der Waals surface area (Å²) in [6.07, 6.45) is 4.83. The summed E-state index contributed by atoms with van der Waals surface area (Å²) in [5, 5.41) is 6.90. The molecule has 1 saturated heterocycles. The van der Waals surface area contributed by atoms with E-state index in [1.54, 1.807) is 12.1 Å². The van der Waals surface area contributed by atoms with Gasteiger partial charge in [0, 0.05) is 24.0 Å². The molecule has 1 aromatic carbocycles. The Balaban J connectivity index is 1.91. The molecule has 1 aliphatic heterocycles. The monoisotopic (exact) mass is 282 g/mol. The molecule has 0 amide bonds. The molecule has 0 spiro atoms. The number of benzene rings is 1. The van der Waals surface area contributed by atoms with Crippen LogP contribution in [-0.2, 0) is 9.84 Å². The van der Waals surface area contributed by atoms with Crippen LogP contribution in [0.5, 0.6) is 0 Å². The Morgan fingerprint density at radius 3 is 2.58 bits per heavy atom. The van der Waals surface area contributed by atoms with E-state index >= 15 is 0 Å². The molecule has 0 saturated carbocycles. The van der Waals surface area contributed by atoms with Crippen molar-refractivity contribution in [2.24, 2.45) is 0 Å². The van der Waals surface area contributed by atoms with Gasteiger partial charge in [-0.1, -0.05) is 0 Å². The highest BCUT2D eigenvalue weighted by molar-refractivity contribution is 7.90. The van der Waals surface area contributed by atoms with E-state index in [9.17, 15) is 8.42 Å². The lowest BCUT2D eigenvalue weighted by Gasteiger charge is -2.19. The van der Waals surface area contributed by atoms with Crippen molar-refractivity contribution in [3.05, 3.63) is 24.3 Å². The standard InChI is InChI=1S/C14H22N2O2S/c1-11(10-13-4-3-9-15-13)16-12-5-7-14(8-6-12)19(2,17)18/h5-8,11,13,15-16H,3-4,9-10H2,1-2H3. The van der Waals surface area contributed by atoms with E-state index in [2.05, 4.69) is 17.6 Å². The molecule has 0 radical (unpaired) electrons. The summed E-state index contributed by atoms with van der Waals surface area (Å²) in [5.74, 6) is 0. The minimum atomic E-state index is -3.10. The molecule has 2 N–H and O–H groups in total. The lowest BCUT2D eigenvalue weighted by Crippen LogP contribution is -2.29. The number of hydrogen-bond donors (Lipinski definition) is 2. The number of sulfone groups is 1. The summed E-state index contributed by atoms with van der Waals surface area (Å²) in [5.41, 5.74) is 0.970. The van der Waals surface area contributed by atoms with Crippen molar-refractivity contribution in [3.63, 3.8) is 0 Å². The number of rotatable bonds is 5. The van der Waals surface area contributed by atoms with Gasteiger partial charge < -0.3 is 10.6 Å². The zero-order chi connectivity index (χ0) is 13.9. The molecule has 1 heterocycles. The van der Waals surface area contributed by atoms with E-state index in [0.717, 1.165) is 18.7 Å². The first-order valence-corrected chi connectivity index (χ1v) is 8.64. The molecular weight excluding hydrogens is 260 g/mol. The predicted octanol–water partition coefficient (Wildman–Crippen LogP) is 2.03. The summed E-state index contributed by atoms with van der Waals surface area (Å²) < 4.78 is 22.7. The molecule has 4 nitrogen and oxygen atoms in total. The van der Waals surface area contributed by atoms with Gasteiger partial charge in [-0.2, -0.15) is 0 Å². The van der Waals surface area contributed by atoms with E-state index in [4.69, 9.17) is 0 Å². The fourth-order valence-corrected chi connectivity index (χ4v) is 3.16. The van der Waals surface area contributed by atoms with E-state index in [1.807, 2.05) is 12.1 Å². The minimum Gasteiger partial charge on any atom is -0.383 e. The number of anilines is 1. The van der Waals surface area contributed by atoms with Gasteiger partial charge in [0.15, 0.2) is 9.84 Å². The van der Waals surface area contributed by atoms with Crippen LogP contribution in [0, 0.1) is 0 Å². The van der Waals surface area contributed by atoms with Crippen molar-refractivity contribution in [1.82, 2.24) is 5.32 Å². The number of hydrogen-bond acceptors (Lipinski definition) is 4. The molecule has 106 valence electrons. The van der Waals surface area contributed by atoms with Gasteiger partial charge >= 0.3 is 0 Å². The van der Waals surface area contributed by atoms with Crippen LogP contribution in [0.25, 0.3) is 0 Å². The lowest BCUT2D eigenvalue weighted by molar-refractivity contribution is 0.523. The first kappa shape index (κ1) is 14.3. The van der Waals surface area contributed by atoms with Crippen LogP contribution < -0.4 is 10.6 Å². The zero-order valence-electron chi connectivity index (χ0n) is 11.5. The maximum atomic E-state index is 11.4. The average molecular weight is 282 g/mol. The van der Waals surface area contributed by atoms with Gasteiger partial charge in [0.1, 0.15) is 0 Å². The van der Waals surface area contributed by atoms with Gasteiger partial charge in [-0.05, 0) is 57.0 Å². The molecule has 2 rings (SSSR count). The molecule has 2 unspecified atom stereocenters. The normalized spacial score (nSPS) is 21.3. The molecule has 0 aromatic heterocycles. The minimum absolute atomic E-state index is 0.364. The first-order chi connectivity index (χ1) is 8.95. The van der Waals surface area contributed by atoms with E-state index in [-0.39, 0.29) is 0 Å². The van der Waals surface area contributed by atoms with Gasteiger partial charge in [0.25, 0.3) is 0 Å². The third kappa shape index (κ3) is 4.21. The Kier molecular flexibility index (Phi) is 4.47. The van der Waals surface area contributed by atoms with E-state index < -0.39 is 9.84 Å². The van der Waals surface area contributed by atoms with Gasteiger partial charge in [-0.15, -0.1) is 0 Å². The van der Waals surface area contributed by atoms with Crippen LogP contribution in [0.3, 0.4) is 0 Å².